The second-order valence-corrected chi connectivity index (χ2v) is 6.43. The lowest BCUT2D eigenvalue weighted by Crippen LogP contribution is -2.46. The van der Waals surface area contributed by atoms with E-state index in [1.165, 1.54) is 0 Å². The second kappa shape index (κ2) is 6.94. The molecule has 2 aromatic rings. The molecule has 7 heteroatoms. The predicted molar refractivity (Wildman–Crippen MR) is 90.4 cm³/mol. The normalized spacial score (nSPS) is 25.7. The van der Waals surface area contributed by atoms with Crippen LogP contribution in [0.15, 0.2) is 16.7 Å². The van der Waals surface area contributed by atoms with Gasteiger partial charge < -0.3 is 19.2 Å². The average Bonchev–Trinajstić information content (AvgIpc) is 3.12. The number of furan rings is 1. The van der Waals surface area contributed by atoms with E-state index in [1.807, 2.05) is 6.07 Å². The topological polar surface area (TPSA) is 72.7 Å². The van der Waals surface area contributed by atoms with E-state index in [4.69, 9.17) is 13.9 Å². The molecule has 0 atom stereocenters. The Labute approximate surface area is 141 Å². The average molecular weight is 332 g/mol. The number of aromatic nitrogens is 2. The third-order valence-electron chi connectivity index (χ3n) is 4.98. The molecule has 130 valence electrons. The largest absolute Gasteiger partial charge is 0.472 e. The lowest BCUT2D eigenvalue weighted by molar-refractivity contribution is -0.00133. The number of ether oxygens (including phenoxy) is 2. The van der Waals surface area contributed by atoms with Crippen molar-refractivity contribution in [2.24, 2.45) is 0 Å². The highest BCUT2D eigenvalue weighted by Crippen LogP contribution is 2.30. The van der Waals surface area contributed by atoms with Gasteiger partial charge in [-0.25, -0.2) is 4.98 Å². The molecule has 1 aliphatic heterocycles. The van der Waals surface area contributed by atoms with Gasteiger partial charge in [-0.05, 0) is 25.7 Å². The summed E-state index contributed by atoms with van der Waals surface area (Å²) >= 11 is 0. The number of fused-ring (bicyclic) bond motifs is 1. The fraction of sp³-hybridized carbons (Fsp3) is 0.647. The number of nitrogens with zero attached hydrogens (tertiary/aromatic N) is 3. The maximum atomic E-state index is 6.18. The first-order valence-corrected chi connectivity index (χ1v) is 8.75. The maximum absolute atomic E-state index is 6.18. The Morgan fingerprint density at radius 1 is 1.17 bits per heavy atom. The number of rotatable bonds is 4. The lowest BCUT2D eigenvalue weighted by atomic mass is 9.91. The first-order chi connectivity index (χ1) is 11.8. The van der Waals surface area contributed by atoms with E-state index in [2.05, 4.69) is 20.2 Å². The highest BCUT2D eigenvalue weighted by Gasteiger charge is 2.28. The molecule has 1 N–H and O–H groups in total. The molecule has 0 spiro atoms. The zero-order chi connectivity index (χ0) is 16.4. The molecule has 2 aliphatic rings. The monoisotopic (exact) mass is 332 g/mol. The van der Waals surface area contributed by atoms with Gasteiger partial charge in [0.1, 0.15) is 11.6 Å². The predicted octanol–water partition coefficient (Wildman–Crippen LogP) is 2.29. The van der Waals surface area contributed by atoms with Crippen LogP contribution in [0.4, 0.5) is 5.95 Å². The van der Waals surface area contributed by atoms with E-state index < -0.39 is 0 Å². The number of morpholine rings is 1. The summed E-state index contributed by atoms with van der Waals surface area (Å²) in [5.74, 6) is 1.10. The number of anilines is 1. The zero-order valence-electron chi connectivity index (χ0n) is 14.0. The molecule has 0 aromatic carbocycles. The molecule has 2 aromatic heterocycles. The van der Waals surface area contributed by atoms with Crippen molar-refractivity contribution < 1.29 is 13.9 Å². The molecule has 3 heterocycles. The van der Waals surface area contributed by atoms with Gasteiger partial charge in [0.15, 0.2) is 0 Å². The Morgan fingerprint density at radius 3 is 2.71 bits per heavy atom. The van der Waals surface area contributed by atoms with Gasteiger partial charge in [0.2, 0.25) is 11.5 Å². The minimum atomic E-state index is 0.190. The zero-order valence-corrected chi connectivity index (χ0v) is 14.0. The number of hydrogen-bond donors (Lipinski definition) is 1. The van der Waals surface area contributed by atoms with Gasteiger partial charge in [0.05, 0.1) is 19.5 Å². The Morgan fingerprint density at radius 2 is 1.96 bits per heavy atom. The first kappa shape index (κ1) is 15.7. The molecule has 4 rings (SSSR count). The van der Waals surface area contributed by atoms with Crippen LogP contribution in [0.2, 0.25) is 0 Å². The van der Waals surface area contributed by atoms with Crippen molar-refractivity contribution in [3.8, 4) is 5.88 Å². The van der Waals surface area contributed by atoms with Crippen molar-refractivity contribution in [2.75, 3.05) is 38.7 Å². The summed E-state index contributed by atoms with van der Waals surface area (Å²) in [6.07, 6.45) is 6.23. The third-order valence-corrected chi connectivity index (χ3v) is 4.98. The van der Waals surface area contributed by atoms with Crippen molar-refractivity contribution in [2.45, 2.75) is 37.8 Å². The van der Waals surface area contributed by atoms with Crippen LogP contribution >= 0.6 is 0 Å². The molecular formula is C17H24N4O3. The quantitative estimate of drug-likeness (QED) is 0.921. The summed E-state index contributed by atoms with van der Waals surface area (Å²) in [5.41, 5.74) is 1.40. The molecule has 2 fully saturated rings. The SMILES string of the molecule is CNc1nc(O[C@H]2CC[C@H](N3CCOCC3)CC2)c2occc2n1. The molecule has 0 radical (unpaired) electrons. The Balaban J connectivity index is 1.41. The highest BCUT2D eigenvalue weighted by molar-refractivity contribution is 5.78. The number of hydrogen-bond acceptors (Lipinski definition) is 7. The van der Waals surface area contributed by atoms with Crippen molar-refractivity contribution >= 4 is 17.0 Å². The molecular weight excluding hydrogens is 308 g/mol. The van der Waals surface area contributed by atoms with E-state index in [1.54, 1.807) is 13.3 Å². The van der Waals surface area contributed by atoms with Gasteiger partial charge in [-0.2, -0.15) is 4.98 Å². The summed E-state index contributed by atoms with van der Waals surface area (Å²) in [6.45, 7) is 3.84. The third kappa shape index (κ3) is 3.18. The number of nitrogens with one attached hydrogen (secondary N) is 1. The lowest BCUT2D eigenvalue weighted by Gasteiger charge is -2.38. The van der Waals surface area contributed by atoms with Crippen LogP contribution in [0.5, 0.6) is 5.88 Å². The van der Waals surface area contributed by atoms with Gasteiger partial charge in [-0.1, -0.05) is 0 Å². The molecule has 1 saturated carbocycles. The van der Waals surface area contributed by atoms with Crippen LogP contribution in [-0.2, 0) is 4.74 Å². The van der Waals surface area contributed by atoms with E-state index in [0.717, 1.165) is 57.5 Å². The highest BCUT2D eigenvalue weighted by atomic mass is 16.5. The standard InChI is InChI=1S/C17H24N4O3/c1-18-17-19-14-6-9-23-15(14)16(20-17)24-13-4-2-12(3-5-13)21-7-10-22-11-8-21/h6,9,12-13H,2-5,7-8,10-11H2,1H3,(H,18,19,20)/t12-,13-. The van der Waals surface area contributed by atoms with Crippen LogP contribution in [-0.4, -0.2) is 60.4 Å². The van der Waals surface area contributed by atoms with Crippen LogP contribution < -0.4 is 10.1 Å². The minimum Gasteiger partial charge on any atom is -0.472 e. The van der Waals surface area contributed by atoms with E-state index >= 15 is 0 Å². The smallest absolute Gasteiger partial charge is 0.263 e. The van der Waals surface area contributed by atoms with E-state index in [-0.39, 0.29) is 6.10 Å². The van der Waals surface area contributed by atoms with Gasteiger partial charge in [0.25, 0.3) is 5.88 Å². The van der Waals surface area contributed by atoms with Crippen LogP contribution in [0.3, 0.4) is 0 Å². The molecule has 0 bridgehead atoms. The fourth-order valence-corrected chi connectivity index (χ4v) is 3.66. The summed E-state index contributed by atoms with van der Waals surface area (Å²) < 4.78 is 17.1. The Bertz CT molecular complexity index is 676. The minimum absolute atomic E-state index is 0.190. The summed E-state index contributed by atoms with van der Waals surface area (Å²) in [5, 5.41) is 2.97. The molecule has 1 aliphatic carbocycles. The molecule has 0 unspecified atom stereocenters. The van der Waals surface area contributed by atoms with Gasteiger partial charge >= 0.3 is 0 Å². The Hall–Kier alpha value is -1.86. The van der Waals surface area contributed by atoms with Gasteiger partial charge in [-0.15, -0.1) is 0 Å². The molecule has 7 nitrogen and oxygen atoms in total. The molecule has 24 heavy (non-hydrogen) atoms. The maximum Gasteiger partial charge on any atom is 0.263 e. The van der Waals surface area contributed by atoms with E-state index in [0.29, 0.717) is 23.5 Å². The Kier molecular flexibility index (Phi) is 4.53. The van der Waals surface area contributed by atoms with Gasteiger partial charge in [-0.3, -0.25) is 4.90 Å². The van der Waals surface area contributed by atoms with Crippen molar-refractivity contribution in [3.63, 3.8) is 0 Å². The van der Waals surface area contributed by atoms with Gasteiger partial charge in [0, 0.05) is 32.2 Å². The summed E-state index contributed by atoms with van der Waals surface area (Å²) in [6, 6.07) is 2.50. The molecule has 0 amide bonds. The second-order valence-electron chi connectivity index (χ2n) is 6.43. The summed E-state index contributed by atoms with van der Waals surface area (Å²) in [7, 11) is 1.80. The summed E-state index contributed by atoms with van der Waals surface area (Å²) in [4.78, 5) is 11.4. The van der Waals surface area contributed by atoms with Crippen LogP contribution in [0.1, 0.15) is 25.7 Å². The van der Waals surface area contributed by atoms with Crippen LogP contribution in [0.25, 0.3) is 11.1 Å². The fourth-order valence-electron chi connectivity index (χ4n) is 3.66. The first-order valence-electron chi connectivity index (χ1n) is 8.75. The molecule has 1 saturated heterocycles. The van der Waals surface area contributed by atoms with E-state index in [9.17, 15) is 0 Å². The van der Waals surface area contributed by atoms with Crippen molar-refractivity contribution in [1.29, 1.82) is 0 Å². The van der Waals surface area contributed by atoms with Crippen LogP contribution in [0, 0.1) is 0 Å². The van der Waals surface area contributed by atoms with Crippen molar-refractivity contribution in [3.05, 3.63) is 12.3 Å². The van der Waals surface area contributed by atoms with Crippen molar-refractivity contribution in [1.82, 2.24) is 14.9 Å².